The number of rotatable bonds is 9. The Kier molecular flexibility index (Phi) is 7.65. The summed E-state index contributed by atoms with van der Waals surface area (Å²) < 4.78 is 16.1. The Morgan fingerprint density at radius 3 is 2.50 bits per heavy atom. The maximum Gasteiger partial charge on any atom is 0.303 e. The SMILES string of the molecule is COc1ccc(OC)c(-c2cnc(-c3cccc(CNC(=O)C(OC(C)=O)c4ccccc4)c3)[nH]2)c1. The second-order valence-corrected chi connectivity index (χ2v) is 8.03. The van der Waals surface area contributed by atoms with Crippen molar-refractivity contribution < 1.29 is 23.8 Å². The van der Waals surface area contributed by atoms with Crippen LogP contribution in [0.2, 0.25) is 0 Å². The van der Waals surface area contributed by atoms with Gasteiger partial charge in [-0.05, 0) is 29.8 Å². The number of methoxy groups -OCH3 is 2. The van der Waals surface area contributed by atoms with Gasteiger partial charge in [-0.2, -0.15) is 0 Å². The zero-order chi connectivity index (χ0) is 25.5. The molecule has 1 heterocycles. The Morgan fingerprint density at radius 1 is 0.972 bits per heavy atom. The van der Waals surface area contributed by atoms with Gasteiger partial charge in [0.15, 0.2) is 0 Å². The molecule has 0 bridgehead atoms. The smallest absolute Gasteiger partial charge is 0.303 e. The topological polar surface area (TPSA) is 103 Å². The highest BCUT2D eigenvalue weighted by molar-refractivity contribution is 5.84. The molecule has 0 aliphatic heterocycles. The van der Waals surface area contributed by atoms with E-state index in [1.165, 1.54) is 6.92 Å². The van der Waals surface area contributed by atoms with E-state index in [1.807, 2.05) is 48.5 Å². The van der Waals surface area contributed by atoms with Crippen molar-refractivity contribution in [1.29, 1.82) is 0 Å². The molecule has 1 aromatic heterocycles. The molecule has 1 unspecified atom stereocenters. The predicted octanol–water partition coefficient (Wildman–Crippen LogP) is 4.68. The van der Waals surface area contributed by atoms with Crippen LogP contribution >= 0.6 is 0 Å². The van der Waals surface area contributed by atoms with E-state index >= 15 is 0 Å². The van der Waals surface area contributed by atoms with E-state index in [9.17, 15) is 9.59 Å². The van der Waals surface area contributed by atoms with Gasteiger partial charge in [-0.25, -0.2) is 4.98 Å². The first kappa shape index (κ1) is 24.5. The molecule has 36 heavy (non-hydrogen) atoms. The van der Waals surface area contributed by atoms with E-state index < -0.39 is 18.0 Å². The lowest BCUT2D eigenvalue weighted by Crippen LogP contribution is -2.31. The molecule has 4 rings (SSSR count). The van der Waals surface area contributed by atoms with Gasteiger partial charge < -0.3 is 24.5 Å². The molecule has 184 valence electrons. The Hall–Kier alpha value is -4.59. The molecule has 3 aromatic carbocycles. The van der Waals surface area contributed by atoms with Gasteiger partial charge in [-0.3, -0.25) is 9.59 Å². The standard InChI is InChI=1S/C28H27N3O5/c1-18(32)36-26(20-9-5-4-6-10-20)28(33)30-16-19-8-7-11-21(14-19)27-29-17-24(31-27)23-15-22(34-2)12-13-25(23)35-3/h4-15,17,26H,16H2,1-3H3,(H,29,31)(H,30,33). The van der Waals surface area contributed by atoms with Crippen LogP contribution in [-0.4, -0.2) is 36.1 Å². The first-order chi connectivity index (χ1) is 17.5. The minimum Gasteiger partial charge on any atom is -0.497 e. The van der Waals surface area contributed by atoms with E-state index in [-0.39, 0.29) is 6.54 Å². The molecule has 0 saturated carbocycles. The average molecular weight is 486 g/mol. The summed E-state index contributed by atoms with van der Waals surface area (Å²) in [6, 6.07) is 22.2. The van der Waals surface area contributed by atoms with E-state index in [2.05, 4.69) is 15.3 Å². The van der Waals surface area contributed by atoms with E-state index in [4.69, 9.17) is 14.2 Å². The van der Waals surface area contributed by atoms with Crippen molar-refractivity contribution in [2.24, 2.45) is 0 Å². The van der Waals surface area contributed by atoms with Crippen LogP contribution in [-0.2, 0) is 20.9 Å². The predicted molar refractivity (Wildman–Crippen MR) is 135 cm³/mol. The summed E-state index contributed by atoms with van der Waals surface area (Å²) in [5, 5.41) is 2.86. The van der Waals surface area contributed by atoms with Crippen molar-refractivity contribution in [3.05, 3.63) is 90.1 Å². The number of carbonyl (C=O) groups excluding carboxylic acids is 2. The second-order valence-electron chi connectivity index (χ2n) is 8.03. The van der Waals surface area contributed by atoms with Crippen LogP contribution in [0.5, 0.6) is 11.5 Å². The highest BCUT2D eigenvalue weighted by Crippen LogP contribution is 2.33. The molecule has 4 aromatic rings. The number of carbonyl (C=O) groups is 2. The van der Waals surface area contributed by atoms with Crippen LogP contribution in [0.4, 0.5) is 0 Å². The van der Waals surface area contributed by atoms with Crippen molar-refractivity contribution in [2.45, 2.75) is 19.6 Å². The fraction of sp³-hybridized carbons (Fsp3) is 0.179. The van der Waals surface area contributed by atoms with Crippen LogP contribution in [0.25, 0.3) is 22.6 Å². The number of hydrogen-bond donors (Lipinski definition) is 2. The van der Waals surface area contributed by atoms with Gasteiger partial charge in [0.2, 0.25) is 6.10 Å². The third kappa shape index (κ3) is 5.72. The number of aromatic nitrogens is 2. The van der Waals surface area contributed by atoms with Crippen molar-refractivity contribution >= 4 is 11.9 Å². The van der Waals surface area contributed by atoms with Gasteiger partial charge in [0, 0.05) is 30.2 Å². The largest absolute Gasteiger partial charge is 0.497 e. The number of benzene rings is 3. The van der Waals surface area contributed by atoms with E-state index in [0.717, 1.165) is 22.4 Å². The molecule has 1 amide bonds. The number of imidazole rings is 1. The van der Waals surface area contributed by atoms with Crippen LogP contribution in [0.1, 0.15) is 24.2 Å². The summed E-state index contributed by atoms with van der Waals surface area (Å²) in [5.74, 6) is 1.16. The number of H-pyrrole nitrogens is 1. The van der Waals surface area contributed by atoms with E-state index in [0.29, 0.717) is 22.9 Å². The Morgan fingerprint density at radius 2 is 1.78 bits per heavy atom. The zero-order valence-corrected chi connectivity index (χ0v) is 20.3. The number of ether oxygens (including phenoxy) is 3. The highest BCUT2D eigenvalue weighted by atomic mass is 16.5. The maximum atomic E-state index is 12.9. The Bertz CT molecular complexity index is 1350. The van der Waals surface area contributed by atoms with Crippen molar-refractivity contribution in [3.8, 4) is 34.1 Å². The van der Waals surface area contributed by atoms with Crippen LogP contribution in [0.15, 0.2) is 79.0 Å². The van der Waals surface area contributed by atoms with Crippen LogP contribution in [0.3, 0.4) is 0 Å². The lowest BCUT2D eigenvalue weighted by molar-refractivity contribution is -0.154. The van der Waals surface area contributed by atoms with Crippen molar-refractivity contribution in [2.75, 3.05) is 14.2 Å². The summed E-state index contributed by atoms with van der Waals surface area (Å²) in [6.45, 7) is 1.54. The fourth-order valence-corrected chi connectivity index (χ4v) is 3.81. The molecule has 0 radical (unpaired) electrons. The maximum absolute atomic E-state index is 12.9. The summed E-state index contributed by atoms with van der Waals surface area (Å²) in [4.78, 5) is 32.3. The molecule has 8 heteroatoms. The molecule has 0 aliphatic carbocycles. The minimum atomic E-state index is -1.02. The summed E-state index contributed by atoms with van der Waals surface area (Å²) in [7, 11) is 3.23. The molecular weight excluding hydrogens is 458 g/mol. The van der Waals surface area contributed by atoms with Gasteiger partial charge in [0.05, 0.1) is 26.1 Å². The van der Waals surface area contributed by atoms with Gasteiger partial charge in [-0.1, -0.05) is 48.5 Å². The first-order valence-electron chi connectivity index (χ1n) is 11.3. The summed E-state index contributed by atoms with van der Waals surface area (Å²) in [6.07, 6.45) is 0.724. The molecule has 8 nitrogen and oxygen atoms in total. The molecule has 2 N–H and O–H groups in total. The average Bonchev–Trinajstić information content (AvgIpc) is 3.41. The van der Waals surface area contributed by atoms with E-state index in [1.54, 1.807) is 44.7 Å². The number of amides is 1. The number of nitrogens with one attached hydrogen (secondary N) is 2. The first-order valence-corrected chi connectivity index (χ1v) is 11.3. The number of aromatic amines is 1. The monoisotopic (exact) mass is 485 g/mol. The fourth-order valence-electron chi connectivity index (χ4n) is 3.81. The lowest BCUT2D eigenvalue weighted by atomic mass is 10.1. The van der Waals surface area contributed by atoms with Gasteiger partial charge in [0.25, 0.3) is 5.91 Å². The molecule has 0 fully saturated rings. The molecular formula is C28H27N3O5. The third-order valence-electron chi connectivity index (χ3n) is 5.56. The molecule has 0 spiro atoms. The highest BCUT2D eigenvalue weighted by Gasteiger charge is 2.23. The Balaban J connectivity index is 1.50. The molecule has 0 aliphatic rings. The normalized spacial score (nSPS) is 11.4. The van der Waals surface area contributed by atoms with Gasteiger partial charge >= 0.3 is 5.97 Å². The third-order valence-corrected chi connectivity index (χ3v) is 5.56. The molecule has 0 saturated heterocycles. The van der Waals surface area contributed by atoms with Gasteiger partial charge in [-0.15, -0.1) is 0 Å². The summed E-state index contributed by atoms with van der Waals surface area (Å²) in [5.41, 5.74) is 3.94. The van der Waals surface area contributed by atoms with Crippen LogP contribution in [0, 0.1) is 0 Å². The number of hydrogen-bond acceptors (Lipinski definition) is 6. The molecule has 1 atom stereocenters. The Labute approximate surface area is 209 Å². The number of esters is 1. The quantitative estimate of drug-likeness (QED) is 0.334. The van der Waals surface area contributed by atoms with Crippen LogP contribution < -0.4 is 14.8 Å². The zero-order valence-electron chi connectivity index (χ0n) is 20.3. The van der Waals surface area contributed by atoms with Crippen molar-refractivity contribution in [3.63, 3.8) is 0 Å². The van der Waals surface area contributed by atoms with Crippen molar-refractivity contribution in [1.82, 2.24) is 15.3 Å². The minimum absolute atomic E-state index is 0.258. The lowest BCUT2D eigenvalue weighted by Gasteiger charge is -2.17. The second kappa shape index (κ2) is 11.2. The number of nitrogens with zero attached hydrogens (tertiary/aromatic N) is 1. The summed E-state index contributed by atoms with van der Waals surface area (Å²) >= 11 is 0. The van der Waals surface area contributed by atoms with Gasteiger partial charge in [0.1, 0.15) is 17.3 Å².